The number of nitrogens with zero attached hydrogens (tertiary/aromatic N) is 2. The molecule has 0 bridgehead atoms. The van der Waals surface area contributed by atoms with Gasteiger partial charge in [-0.05, 0) is 17.7 Å². The van der Waals surface area contributed by atoms with E-state index in [1.54, 1.807) is 18.5 Å². The molecule has 0 saturated carbocycles. The molecule has 0 N–H and O–H groups in total. The van der Waals surface area contributed by atoms with Crippen LogP contribution in [0.2, 0.25) is 0 Å². The third-order valence-electron chi connectivity index (χ3n) is 2.98. The van der Waals surface area contributed by atoms with Crippen molar-refractivity contribution in [2.24, 2.45) is 0 Å². The van der Waals surface area contributed by atoms with Crippen LogP contribution in [0.1, 0.15) is 5.56 Å². The number of hydrogen-bond acceptors (Lipinski definition) is 1. The lowest BCUT2D eigenvalue weighted by atomic mass is 10.2. The first-order valence-corrected chi connectivity index (χ1v) is 6.13. The van der Waals surface area contributed by atoms with E-state index in [4.69, 9.17) is 0 Å². The first-order chi connectivity index (χ1) is 9.31. The first kappa shape index (κ1) is 11.7. The molecule has 1 aromatic heterocycles. The minimum absolute atomic E-state index is 0.209. The highest BCUT2D eigenvalue weighted by atomic mass is 19.1. The molecular weight excluding hydrogens is 239 g/mol. The van der Waals surface area contributed by atoms with Crippen LogP contribution in [0.5, 0.6) is 0 Å². The van der Waals surface area contributed by atoms with Crippen LogP contribution in [-0.2, 0) is 6.54 Å². The highest BCUT2D eigenvalue weighted by Crippen LogP contribution is 2.16. The Kier molecular flexibility index (Phi) is 3.11. The smallest absolute Gasteiger partial charge is 0.123 e. The maximum atomic E-state index is 12.8. The number of aromatic nitrogens is 2. The van der Waals surface area contributed by atoms with E-state index in [9.17, 15) is 4.39 Å². The third-order valence-corrected chi connectivity index (χ3v) is 2.98. The summed E-state index contributed by atoms with van der Waals surface area (Å²) in [6.07, 6.45) is 3.80. The number of benzene rings is 2. The summed E-state index contributed by atoms with van der Waals surface area (Å²) in [6, 6.07) is 16.6. The fraction of sp³-hybridized carbons (Fsp3) is 0.0625. The Morgan fingerprint density at radius 1 is 0.947 bits per heavy atom. The Labute approximate surface area is 111 Å². The number of imidazole rings is 1. The Bertz CT molecular complexity index is 657. The molecule has 0 saturated heterocycles. The molecule has 0 aliphatic heterocycles. The van der Waals surface area contributed by atoms with E-state index in [1.165, 1.54) is 12.1 Å². The molecule has 2 nitrogen and oxygen atoms in total. The fourth-order valence-corrected chi connectivity index (χ4v) is 2.01. The van der Waals surface area contributed by atoms with E-state index < -0.39 is 0 Å². The molecular formula is C16H13FN2. The minimum atomic E-state index is -0.209. The van der Waals surface area contributed by atoms with Crippen LogP contribution in [0.25, 0.3) is 11.3 Å². The van der Waals surface area contributed by atoms with Gasteiger partial charge in [-0.3, -0.25) is 0 Å². The van der Waals surface area contributed by atoms with Gasteiger partial charge in [0, 0.05) is 18.3 Å². The summed E-state index contributed by atoms with van der Waals surface area (Å²) in [5, 5.41) is 0. The summed E-state index contributed by atoms with van der Waals surface area (Å²) in [5.41, 5.74) is 3.10. The van der Waals surface area contributed by atoms with E-state index in [0.717, 1.165) is 16.8 Å². The molecule has 0 unspecified atom stereocenters. The number of halogens is 1. The Balaban J connectivity index is 1.80. The molecule has 0 spiro atoms. The lowest BCUT2D eigenvalue weighted by Crippen LogP contribution is -1.96. The Hall–Kier alpha value is -2.42. The highest BCUT2D eigenvalue weighted by molar-refractivity contribution is 5.57. The van der Waals surface area contributed by atoms with E-state index >= 15 is 0 Å². The van der Waals surface area contributed by atoms with E-state index in [2.05, 4.69) is 4.98 Å². The number of rotatable bonds is 3. The van der Waals surface area contributed by atoms with Gasteiger partial charge in [0.05, 0.1) is 12.0 Å². The van der Waals surface area contributed by atoms with Crippen LogP contribution in [0, 0.1) is 5.82 Å². The second-order valence-corrected chi connectivity index (χ2v) is 4.42. The van der Waals surface area contributed by atoms with Crippen molar-refractivity contribution in [1.29, 1.82) is 0 Å². The third kappa shape index (κ3) is 2.71. The van der Waals surface area contributed by atoms with E-state index in [0.29, 0.717) is 6.54 Å². The molecule has 0 atom stereocenters. The van der Waals surface area contributed by atoms with Crippen molar-refractivity contribution in [2.75, 3.05) is 0 Å². The monoisotopic (exact) mass is 252 g/mol. The van der Waals surface area contributed by atoms with Gasteiger partial charge in [-0.15, -0.1) is 0 Å². The van der Waals surface area contributed by atoms with Crippen LogP contribution < -0.4 is 0 Å². The Morgan fingerprint density at radius 2 is 1.68 bits per heavy atom. The van der Waals surface area contributed by atoms with Gasteiger partial charge in [-0.2, -0.15) is 0 Å². The lowest BCUT2D eigenvalue weighted by Gasteiger charge is -2.01. The fourth-order valence-electron chi connectivity index (χ4n) is 2.01. The first-order valence-electron chi connectivity index (χ1n) is 6.13. The normalized spacial score (nSPS) is 10.6. The SMILES string of the molecule is Fc1ccc(Cn2cnc(-c3ccccc3)c2)cc1. The van der Waals surface area contributed by atoms with E-state index in [1.807, 2.05) is 41.1 Å². The van der Waals surface area contributed by atoms with Crippen LogP contribution in [0.3, 0.4) is 0 Å². The summed E-state index contributed by atoms with van der Waals surface area (Å²) in [7, 11) is 0. The summed E-state index contributed by atoms with van der Waals surface area (Å²) >= 11 is 0. The van der Waals surface area contributed by atoms with Crippen molar-refractivity contribution >= 4 is 0 Å². The molecule has 0 amide bonds. The van der Waals surface area contributed by atoms with Gasteiger partial charge in [-0.1, -0.05) is 42.5 Å². The van der Waals surface area contributed by atoms with Crippen LogP contribution in [0.15, 0.2) is 67.1 Å². The molecule has 0 fully saturated rings. The summed E-state index contributed by atoms with van der Waals surface area (Å²) in [5.74, 6) is -0.209. The van der Waals surface area contributed by atoms with Gasteiger partial charge in [0.2, 0.25) is 0 Å². The second kappa shape index (κ2) is 5.06. The van der Waals surface area contributed by atoms with Crippen LogP contribution in [0.4, 0.5) is 4.39 Å². The van der Waals surface area contributed by atoms with Crippen molar-refractivity contribution in [2.45, 2.75) is 6.54 Å². The zero-order chi connectivity index (χ0) is 13.1. The molecule has 0 aliphatic rings. The van der Waals surface area contributed by atoms with Gasteiger partial charge in [0.25, 0.3) is 0 Å². The minimum Gasteiger partial charge on any atom is -0.332 e. The quantitative estimate of drug-likeness (QED) is 0.694. The van der Waals surface area contributed by atoms with E-state index in [-0.39, 0.29) is 5.82 Å². The molecule has 2 aromatic carbocycles. The van der Waals surface area contributed by atoms with Crippen LogP contribution >= 0.6 is 0 Å². The Morgan fingerprint density at radius 3 is 2.42 bits per heavy atom. The molecule has 3 rings (SSSR count). The largest absolute Gasteiger partial charge is 0.332 e. The average molecular weight is 252 g/mol. The van der Waals surface area contributed by atoms with Crippen molar-refractivity contribution in [1.82, 2.24) is 9.55 Å². The second-order valence-electron chi connectivity index (χ2n) is 4.42. The predicted molar refractivity (Wildman–Crippen MR) is 73.2 cm³/mol. The highest BCUT2D eigenvalue weighted by Gasteiger charge is 2.02. The molecule has 0 aliphatic carbocycles. The zero-order valence-electron chi connectivity index (χ0n) is 10.3. The standard InChI is InChI=1S/C16H13FN2/c17-15-8-6-13(7-9-15)10-19-11-16(18-12-19)14-4-2-1-3-5-14/h1-9,11-12H,10H2. The molecule has 1 heterocycles. The van der Waals surface area contributed by atoms with Crippen molar-refractivity contribution in [3.8, 4) is 11.3 Å². The van der Waals surface area contributed by atoms with Crippen molar-refractivity contribution < 1.29 is 4.39 Å². The predicted octanol–water partition coefficient (Wildman–Crippen LogP) is 3.74. The van der Waals surface area contributed by atoms with Crippen molar-refractivity contribution in [3.05, 3.63) is 78.5 Å². The molecule has 3 aromatic rings. The van der Waals surface area contributed by atoms with Gasteiger partial charge in [0.15, 0.2) is 0 Å². The van der Waals surface area contributed by atoms with Crippen LogP contribution in [-0.4, -0.2) is 9.55 Å². The molecule has 3 heteroatoms. The van der Waals surface area contributed by atoms with Gasteiger partial charge < -0.3 is 4.57 Å². The van der Waals surface area contributed by atoms with Gasteiger partial charge in [-0.25, -0.2) is 9.37 Å². The average Bonchev–Trinajstić information content (AvgIpc) is 2.91. The van der Waals surface area contributed by atoms with Gasteiger partial charge >= 0.3 is 0 Å². The zero-order valence-corrected chi connectivity index (χ0v) is 10.3. The number of hydrogen-bond donors (Lipinski definition) is 0. The molecule has 94 valence electrons. The van der Waals surface area contributed by atoms with Gasteiger partial charge in [0.1, 0.15) is 5.82 Å². The molecule has 19 heavy (non-hydrogen) atoms. The summed E-state index contributed by atoms with van der Waals surface area (Å²) < 4.78 is 14.8. The summed E-state index contributed by atoms with van der Waals surface area (Å²) in [4.78, 5) is 4.39. The summed E-state index contributed by atoms with van der Waals surface area (Å²) in [6.45, 7) is 0.695. The maximum Gasteiger partial charge on any atom is 0.123 e. The molecule has 0 radical (unpaired) electrons. The lowest BCUT2D eigenvalue weighted by molar-refractivity contribution is 0.626. The van der Waals surface area contributed by atoms with Crippen molar-refractivity contribution in [3.63, 3.8) is 0 Å². The topological polar surface area (TPSA) is 17.8 Å². The maximum absolute atomic E-state index is 12.8.